The van der Waals surface area contributed by atoms with Gasteiger partial charge in [0, 0.05) is 19.5 Å². The smallest absolute Gasteiger partial charge is 0.265 e. The first-order valence-corrected chi connectivity index (χ1v) is 9.17. The average molecular weight is 366 g/mol. The summed E-state index contributed by atoms with van der Waals surface area (Å²) in [5, 5.41) is 0. The van der Waals surface area contributed by atoms with Crippen LogP contribution >= 0.6 is 0 Å². The second kappa shape index (κ2) is 7.31. The first-order valence-electron chi connectivity index (χ1n) is 9.17. The number of ether oxygens (including phenoxy) is 2. The van der Waals surface area contributed by atoms with Gasteiger partial charge in [0.05, 0.1) is 18.5 Å². The van der Waals surface area contributed by atoms with Crippen molar-refractivity contribution < 1.29 is 19.1 Å². The zero-order valence-electron chi connectivity index (χ0n) is 15.3. The van der Waals surface area contributed by atoms with Crippen LogP contribution in [0.1, 0.15) is 18.4 Å². The minimum Gasteiger partial charge on any atom is -0.495 e. The monoisotopic (exact) mass is 366 g/mol. The number of rotatable bonds is 4. The molecule has 27 heavy (non-hydrogen) atoms. The maximum atomic E-state index is 13.0. The summed E-state index contributed by atoms with van der Waals surface area (Å²) in [4.78, 5) is 28.7. The molecule has 2 amide bonds. The van der Waals surface area contributed by atoms with E-state index in [1.807, 2.05) is 42.5 Å². The second-order valence-corrected chi connectivity index (χ2v) is 6.67. The summed E-state index contributed by atoms with van der Waals surface area (Å²) in [5.41, 5.74) is 2.71. The highest BCUT2D eigenvalue weighted by atomic mass is 16.5. The number of benzene rings is 2. The maximum Gasteiger partial charge on any atom is 0.265 e. The van der Waals surface area contributed by atoms with Crippen molar-refractivity contribution in [1.82, 2.24) is 0 Å². The number of para-hydroxylation sites is 3. The fourth-order valence-corrected chi connectivity index (χ4v) is 3.77. The van der Waals surface area contributed by atoms with E-state index in [-0.39, 0.29) is 24.8 Å². The molecule has 0 atom stereocenters. The van der Waals surface area contributed by atoms with Crippen molar-refractivity contribution in [3.63, 3.8) is 0 Å². The van der Waals surface area contributed by atoms with E-state index >= 15 is 0 Å². The molecule has 0 bridgehead atoms. The van der Waals surface area contributed by atoms with Crippen molar-refractivity contribution in [3.05, 3.63) is 48.0 Å². The largest absolute Gasteiger partial charge is 0.495 e. The van der Waals surface area contributed by atoms with E-state index in [1.54, 1.807) is 16.9 Å². The number of hydrogen-bond acceptors (Lipinski definition) is 4. The van der Waals surface area contributed by atoms with Gasteiger partial charge in [0.15, 0.2) is 6.61 Å². The van der Waals surface area contributed by atoms with Crippen molar-refractivity contribution in [2.75, 3.05) is 36.6 Å². The van der Waals surface area contributed by atoms with E-state index in [2.05, 4.69) is 0 Å². The van der Waals surface area contributed by atoms with Crippen LogP contribution in [0.3, 0.4) is 0 Å². The topological polar surface area (TPSA) is 59.1 Å². The number of hydrogen-bond donors (Lipinski definition) is 0. The standard InChI is InChI=1S/C21H22N2O4/c1-26-18-10-4-6-15-7-5-12-23(21(15)18)19(24)11-13-22-16-8-2-3-9-17(16)27-14-20(22)25/h2-4,6,8-10H,5,7,11-14H2,1H3. The van der Waals surface area contributed by atoms with Crippen molar-refractivity contribution in [3.8, 4) is 11.5 Å². The highest BCUT2D eigenvalue weighted by Crippen LogP contribution is 2.37. The molecule has 2 aromatic carbocycles. The predicted molar refractivity (Wildman–Crippen MR) is 103 cm³/mol. The Labute approximate surface area is 158 Å². The highest BCUT2D eigenvalue weighted by Gasteiger charge is 2.29. The quantitative estimate of drug-likeness (QED) is 0.835. The van der Waals surface area contributed by atoms with Gasteiger partial charge in [-0.3, -0.25) is 9.59 Å². The van der Waals surface area contributed by atoms with Crippen molar-refractivity contribution in [2.45, 2.75) is 19.3 Å². The lowest BCUT2D eigenvalue weighted by molar-refractivity contribution is -0.121. The van der Waals surface area contributed by atoms with Gasteiger partial charge in [-0.2, -0.15) is 0 Å². The fourth-order valence-electron chi connectivity index (χ4n) is 3.77. The Morgan fingerprint density at radius 1 is 1.19 bits per heavy atom. The van der Waals surface area contributed by atoms with Gasteiger partial charge < -0.3 is 19.3 Å². The molecular formula is C21H22N2O4. The van der Waals surface area contributed by atoms with Crippen LogP contribution in [-0.4, -0.2) is 38.6 Å². The Morgan fingerprint density at radius 3 is 2.89 bits per heavy atom. The third-order valence-electron chi connectivity index (χ3n) is 5.06. The van der Waals surface area contributed by atoms with Gasteiger partial charge in [0.2, 0.25) is 5.91 Å². The molecule has 0 spiro atoms. The van der Waals surface area contributed by atoms with Crippen LogP contribution in [0.2, 0.25) is 0 Å². The molecule has 0 saturated carbocycles. The van der Waals surface area contributed by atoms with E-state index in [4.69, 9.17) is 9.47 Å². The lowest BCUT2D eigenvalue weighted by atomic mass is 10.0. The van der Waals surface area contributed by atoms with Gasteiger partial charge >= 0.3 is 0 Å². The third kappa shape index (κ3) is 3.23. The van der Waals surface area contributed by atoms with E-state index in [0.29, 0.717) is 24.6 Å². The molecule has 4 rings (SSSR count). The van der Waals surface area contributed by atoms with Crippen LogP contribution in [0.25, 0.3) is 0 Å². The minimum absolute atomic E-state index is 0.00257. The van der Waals surface area contributed by atoms with Crippen LogP contribution in [0.5, 0.6) is 11.5 Å². The van der Waals surface area contributed by atoms with Crippen LogP contribution < -0.4 is 19.3 Å². The first-order chi connectivity index (χ1) is 13.2. The van der Waals surface area contributed by atoms with Gasteiger partial charge in [-0.1, -0.05) is 24.3 Å². The van der Waals surface area contributed by atoms with E-state index in [9.17, 15) is 9.59 Å². The van der Waals surface area contributed by atoms with E-state index in [0.717, 1.165) is 29.8 Å². The lowest BCUT2D eigenvalue weighted by Crippen LogP contribution is -2.42. The van der Waals surface area contributed by atoms with Crippen molar-refractivity contribution in [1.29, 1.82) is 0 Å². The molecule has 0 fully saturated rings. The van der Waals surface area contributed by atoms with Gasteiger partial charge in [0.25, 0.3) is 5.91 Å². The summed E-state index contributed by atoms with van der Waals surface area (Å²) >= 11 is 0. The van der Waals surface area contributed by atoms with E-state index in [1.165, 1.54) is 0 Å². The Hall–Kier alpha value is -3.02. The van der Waals surface area contributed by atoms with Crippen LogP contribution in [0.15, 0.2) is 42.5 Å². The second-order valence-electron chi connectivity index (χ2n) is 6.67. The zero-order valence-corrected chi connectivity index (χ0v) is 15.3. The molecule has 140 valence electrons. The van der Waals surface area contributed by atoms with Crippen LogP contribution in [-0.2, 0) is 16.0 Å². The Bertz CT molecular complexity index is 866. The highest BCUT2D eigenvalue weighted by molar-refractivity contribution is 6.00. The number of amides is 2. The Kier molecular flexibility index (Phi) is 4.71. The summed E-state index contributed by atoms with van der Waals surface area (Å²) in [6.07, 6.45) is 2.11. The SMILES string of the molecule is COc1cccc2c1N(C(=O)CCN1C(=O)COc3ccccc31)CCC2. The maximum absolute atomic E-state index is 13.0. The van der Waals surface area contributed by atoms with Crippen molar-refractivity contribution in [2.24, 2.45) is 0 Å². The van der Waals surface area contributed by atoms with Crippen molar-refractivity contribution >= 4 is 23.2 Å². The molecule has 0 aliphatic carbocycles. The zero-order chi connectivity index (χ0) is 18.8. The summed E-state index contributed by atoms with van der Waals surface area (Å²) in [6, 6.07) is 13.3. The van der Waals surface area contributed by atoms with Gasteiger partial charge in [-0.15, -0.1) is 0 Å². The number of carbonyl (C=O) groups excluding carboxylic acids is 2. The van der Waals surface area contributed by atoms with Gasteiger partial charge in [-0.25, -0.2) is 0 Å². The fraction of sp³-hybridized carbons (Fsp3) is 0.333. The molecule has 0 saturated heterocycles. The number of anilines is 2. The molecule has 6 nitrogen and oxygen atoms in total. The molecule has 2 aromatic rings. The Balaban J connectivity index is 1.53. The average Bonchev–Trinajstić information content (AvgIpc) is 2.71. The number of carbonyl (C=O) groups is 2. The van der Waals surface area contributed by atoms with Crippen LogP contribution in [0, 0.1) is 0 Å². The first kappa shape index (κ1) is 17.4. The molecule has 2 heterocycles. The molecule has 6 heteroatoms. The summed E-state index contributed by atoms with van der Waals surface area (Å²) in [5.74, 6) is 1.26. The lowest BCUT2D eigenvalue weighted by Gasteiger charge is -2.33. The van der Waals surface area contributed by atoms with Gasteiger partial charge in [-0.05, 0) is 36.6 Å². The Morgan fingerprint density at radius 2 is 2.04 bits per heavy atom. The molecular weight excluding hydrogens is 344 g/mol. The summed E-state index contributed by atoms with van der Waals surface area (Å²) in [6.45, 7) is 1.00. The molecule has 2 aliphatic heterocycles. The molecule has 0 unspecified atom stereocenters. The molecule has 0 N–H and O–H groups in total. The molecule has 2 aliphatic rings. The molecule has 0 radical (unpaired) electrons. The van der Waals surface area contributed by atoms with Gasteiger partial charge in [0.1, 0.15) is 11.5 Å². The number of nitrogens with zero attached hydrogens (tertiary/aromatic N) is 2. The summed E-state index contributed by atoms with van der Waals surface area (Å²) < 4.78 is 10.9. The third-order valence-corrected chi connectivity index (χ3v) is 5.06. The minimum atomic E-state index is -0.127. The normalized spacial score (nSPS) is 15.7. The predicted octanol–water partition coefficient (Wildman–Crippen LogP) is 2.79. The summed E-state index contributed by atoms with van der Waals surface area (Å²) in [7, 11) is 1.62. The number of fused-ring (bicyclic) bond motifs is 2. The molecule has 0 aromatic heterocycles. The number of methoxy groups -OCH3 is 1. The van der Waals surface area contributed by atoms with Crippen LogP contribution in [0.4, 0.5) is 11.4 Å². The van der Waals surface area contributed by atoms with E-state index < -0.39 is 0 Å². The number of aryl methyl sites for hydroxylation is 1.